The van der Waals surface area contributed by atoms with E-state index in [4.69, 9.17) is 5.73 Å². The molecule has 56 heavy (non-hydrogen) atoms. The van der Waals surface area contributed by atoms with Crippen LogP contribution in [-0.2, 0) is 6.54 Å². The number of aromatic nitrogens is 2. The van der Waals surface area contributed by atoms with Crippen LogP contribution in [0.2, 0.25) is 0 Å². The van der Waals surface area contributed by atoms with Gasteiger partial charge in [0.2, 0.25) is 0 Å². The predicted molar refractivity (Wildman–Crippen MR) is 235 cm³/mol. The Morgan fingerprint density at radius 1 is 0.464 bits per heavy atom. The zero-order valence-electron chi connectivity index (χ0n) is 30.9. The quantitative estimate of drug-likeness (QED) is 0.156. The van der Waals surface area contributed by atoms with Crippen molar-refractivity contribution in [3.05, 3.63) is 223 Å². The lowest BCUT2D eigenvalue weighted by Crippen LogP contribution is -2.20. The largest absolute Gasteiger partial charge is 0.398 e. The van der Waals surface area contributed by atoms with Crippen molar-refractivity contribution >= 4 is 49.3 Å². The number of hydrogen-bond donors (Lipinski definition) is 2. The fraction of sp³-hybridized carbons (Fsp3) is 0.0385. The molecular formula is C52H40N4. The fourth-order valence-corrected chi connectivity index (χ4v) is 8.36. The summed E-state index contributed by atoms with van der Waals surface area (Å²) in [6, 6.07) is 71.3. The summed E-state index contributed by atoms with van der Waals surface area (Å²) in [5.74, 6) is 0. The normalized spacial score (nSPS) is 12.5. The van der Waals surface area contributed by atoms with Crippen molar-refractivity contribution in [3.63, 3.8) is 0 Å². The van der Waals surface area contributed by atoms with E-state index in [9.17, 15) is 0 Å². The summed E-state index contributed by atoms with van der Waals surface area (Å²) in [7, 11) is 0. The minimum absolute atomic E-state index is 0.134. The first-order valence-electron chi connectivity index (χ1n) is 19.2. The van der Waals surface area contributed by atoms with Gasteiger partial charge < -0.3 is 20.2 Å². The monoisotopic (exact) mass is 720 g/mol. The second kappa shape index (κ2) is 14.3. The van der Waals surface area contributed by atoms with Crippen LogP contribution in [0.5, 0.6) is 0 Å². The van der Waals surface area contributed by atoms with Crippen LogP contribution in [0.3, 0.4) is 0 Å². The summed E-state index contributed by atoms with van der Waals surface area (Å²) >= 11 is 0. The molecule has 10 rings (SSSR count). The molecule has 2 aromatic heterocycles. The maximum Gasteiger partial charge on any atom is 0.0541 e. The highest BCUT2D eigenvalue weighted by Gasteiger charge is 2.18. The first-order valence-corrected chi connectivity index (χ1v) is 19.2. The highest BCUT2D eigenvalue weighted by molar-refractivity contribution is 6.10. The number of nitrogens with two attached hydrogens (primary N) is 1. The standard InChI is InChI=1S/C52H40N4/c53-47(40-21-15-20-39(32-40)37-16-3-1-4-17-37)34-48(38-18-5-2-6-19-38)54-35-36-30-41(55-49-26-11-7-22-43(49)44-23-8-12-27-50(44)55)33-42(31-36)56-51-28-13-9-24-45(51)46-25-10-14-29-52(46)56/h1-34,48,54H,35,53H2/b47-34-. The molecule has 0 spiro atoms. The second-order valence-electron chi connectivity index (χ2n) is 14.4. The molecule has 4 nitrogen and oxygen atoms in total. The predicted octanol–water partition coefficient (Wildman–Crippen LogP) is 12.4. The molecule has 3 N–H and O–H groups in total. The van der Waals surface area contributed by atoms with Crippen LogP contribution >= 0.6 is 0 Å². The number of hydrogen-bond acceptors (Lipinski definition) is 2. The molecule has 10 aromatic rings. The molecule has 0 radical (unpaired) electrons. The number of fused-ring (bicyclic) bond motifs is 6. The van der Waals surface area contributed by atoms with Crippen molar-refractivity contribution in [2.45, 2.75) is 12.6 Å². The number of rotatable bonds is 9. The minimum atomic E-state index is -0.134. The molecule has 0 amide bonds. The minimum Gasteiger partial charge on any atom is -0.398 e. The Balaban J connectivity index is 1.11. The number of nitrogens with one attached hydrogen (secondary N) is 1. The van der Waals surface area contributed by atoms with Crippen LogP contribution in [0.1, 0.15) is 22.7 Å². The Bertz CT molecular complexity index is 2800. The van der Waals surface area contributed by atoms with Gasteiger partial charge in [-0.25, -0.2) is 0 Å². The molecule has 0 aliphatic rings. The van der Waals surface area contributed by atoms with Crippen molar-refractivity contribution in [2.24, 2.45) is 5.73 Å². The van der Waals surface area contributed by atoms with Gasteiger partial charge in [0.1, 0.15) is 0 Å². The molecule has 4 heteroatoms. The van der Waals surface area contributed by atoms with Crippen molar-refractivity contribution in [1.29, 1.82) is 0 Å². The average molecular weight is 721 g/mol. The first kappa shape index (κ1) is 33.4. The van der Waals surface area contributed by atoms with E-state index in [0.717, 1.165) is 33.8 Å². The molecule has 268 valence electrons. The SMILES string of the molecule is N/C(=C\C(NCc1cc(-n2c3ccccc3c3ccccc32)cc(-n2c3ccccc3c3ccccc32)c1)c1ccccc1)c1cccc(-c2ccccc2)c1. The maximum absolute atomic E-state index is 6.95. The summed E-state index contributed by atoms with van der Waals surface area (Å²) in [4.78, 5) is 0. The van der Waals surface area contributed by atoms with E-state index in [2.05, 4.69) is 215 Å². The molecule has 0 saturated heterocycles. The molecule has 0 fully saturated rings. The molecule has 0 saturated carbocycles. The van der Waals surface area contributed by atoms with Gasteiger partial charge in [0.05, 0.1) is 28.1 Å². The van der Waals surface area contributed by atoms with Crippen LogP contribution in [0.4, 0.5) is 0 Å². The molecule has 0 aliphatic heterocycles. The molecule has 0 aliphatic carbocycles. The van der Waals surface area contributed by atoms with E-state index in [1.165, 1.54) is 54.7 Å². The van der Waals surface area contributed by atoms with Gasteiger partial charge in [-0.05, 0) is 82.4 Å². The van der Waals surface area contributed by atoms with E-state index in [-0.39, 0.29) is 6.04 Å². The third-order valence-electron chi connectivity index (χ3n) is 11.0. The topological polar surface area (TPSA) is 47.9 Å². The van der Waals surface area contributed by atoms with Gasteiger partial charge in [-0.1, -0.05) is 152 Å². The van der Waals surface area contributed by atoms with Crippen molar-refractivity contribution in [2.75, 3.05) is 0 Å². The summed E-state index contributed by atoms with van der Waals surface area (Å²) in [5.41, 5.74) is 20.3. The van der Waals surface area contributed by atoms with E-state index in [0.29, 0.717) is 6.54 Å². The van der Waals surface area contributed by atoms with Gasteiger partial charge in [-0.3, -0.25) is 0 Å². The highest BCUT2D eigenvalue weighted by Crippen LogP contribution is 2.36. The van der Waals surface area contributed by atoms with Gasteiger partial charge in [0, 0.05) is 45.2 Å². The van der Waals surface area contributed by atoms with Crippen LogP contribution in [0.25, 0.3) is 71.8 Å². The van der Waals surface area contributed by atoms with Gasteiger partial charge >= 0.3 is 0 Å². The van der Waals surface area contributed by atoms with E-state index in [1.54, 1.807) is 0 Å². The second-order valence-corrected chi connectivity index (χ2v) is 14.4. The van der Waals surface area contributed by atoms with E-state index >= 15 is 0 Å². The molecule has 8 aromatic carbocycles. The Morgan fingerprint density at radius 3 is 1.43 bits per heavy atom. The lowest BCUT2D eigenvalue weighted by atomic mass is 9.99. The van der Waals surface area contributed by atoms with Crippen LogP contribution in [0, 0.1) is 0 Å². The zero-order valence-corrected chi connectivity index (χ0v) is 30.9. The number of para-hydroxylation sites is 4. The molecule has 1 unspecified atom stereocenters. The molecule has 1 atom stereocenters. The summed E-state index contributed by atoms with van der Waals surface area (Å²) in [6.45, 7) is 0.614. The van der Waals surface area contributed by atoms with E-state index in [1.807, 2.05) is 6.07 Å². The number of benzene rings is 8. The molecule has 0 bridgehead atoms. The highest BCUT2D eigenvalue weighted by atomic mass is 15.0. The molecular weight excluding hydrogens is 681 g/mol. The lowest BCUT2D eigenvalue weighted by Gasteiger charge is -2.19. The summed E-state index contributed by atoms with van der Waals surface area (Å²) < 4.78 is 4.83. The van der Waals surface area contributed by atoms with Gasteiger partial charge in [-0.15, -0.1) is 0 Å². The maximum atomic E-state index is 6.95. The van der Waals surface area contributed by atoms with Gasteiger partial charge in [0.25, 0.3) is 0 Å². The van der Waals surface area contributed by atoms with Crippen molar-refractivity contribution in [3.8, 4) is 22.5 Å². The molecule has 2 heterocycles. The summed E-state index contributed by atoms with van der Waals surface area (Å²) in [5, 5.41) is 8.89. The summed E-state index contributed by atoms with van der Waals surface area (Å²) in [6.07, 6.45) is 2.16. The van der Waals surface area contributed by atoms with E-state index < -0.39 is 0 Å². The Kier molecular flexibility index (Phi) is 8.51. The third kappa shape index (κ3) is 6.03. The Hall–Kier alpha value is -7.14. The van der Waals surface area contributed by atoms with Gasteiger partial charge in [0.15, 0.2) is 0 Å². The van der Waals surface area contributed by atoms with Crippen LogP contribution < -0.4 is 11.1 Å². The Morgan fingerprint density at radius 2 is 0.911 bits per heavy atom. The van der Waals surface area contributed by atoms with Gasteiger partial charge in [-0.2, -0.15) is 0 Å². The Labute approximate surface area is 326 Å². The first-order chi connectivity index (χ1) is 27.7. The third-order valence-corrected chi connectivity index (χ3v) is 11.0. The smallest absolute Gasteiger partial charge is 0.0541 e. The van der Waals surface area contributed by atoms with Crippen LogP contribution in [-0.4, -0.2) is 9.13 Å². The van der Waals surface area contributed by atoms with Crippen molar-refractivity contribution < 1.29 is 0 Å². The lowest BCUT2D eigenvalue weighted by molar-refractivity contribution is 0.621. The zero-order chi connectivity index (χ0) is 37.4. The number of nitrogens with zero attached hydrogens (tertiary/aromatic N) is 2. The van der Waals surface area contributed by atoms with Crippen LogP contribution in [0.15, 0.2) is 206 Å². The fourth-order valence-electron chi connectivity index (χ4n) is 8.36. The van der Waals surface area contributed by atoms with Crippen molar-refractivity contribution in [1.82, 2.24) is 14.5 Å². The average Bonchev–Trinajstić information content (AvgIpc) is 3.79.